The fourth-order valence-electron chi connectivity index (χ4n) is 3.66. The Kier molecular flexibility index (Phi) is 6.27. The van der Waals surface area contributed by atoms with E-state index in [2.05, 4.69) is 20.5 Å². The van der Waals surface area contributed by atoms with Crippen LogP contribution in [-0.4, -0.2) is 37.1 Å². The molecule has 2 heterocycles. The highest BCUT2D eigenvalue weighted by Gasteiger charge is 2.22. The molecular weight excluding hydrogens is 440 g/mol. The number of carbonyl (C=O) groups is 2. The molecule has 4 rings (SSSR count). The van der Waals surface area contributed by atoms with Crippen LogP contribution in [0.3, 0.4) is 0 Å². The molecule has 0 saturated carbocycles. The predicted octanol–water partition coefficient (Wildman–Crippen LogP) is 4.09. The first-order valence-electron chi connectivity index (χ1n) is 10.2. The van der Waals surface area contributed by atoms with Crippen molar-refractivity contribution in [1.82, 2.24) is 25.2 Å². The largest absolute Gasteiger partial charge is 0.456 e. The molecule has 4 aromatic rings. The van der Waals surface area contributed by atoms with E-state index in [1.165, 1.54) is 29.3 Å². The van der Waals surface area contributed by atoms with Gasteiger partial charge in [-0.2, -0.15) is 0 Å². The van der Waals surface area contributed by atoms with Gasteiger partial charge >= 0.3 is 5.97 Å². The molecule has 0 aliphatic heterocycles. The minimum atomic E-state index is -0.492. The SMILES string of the molecule is CC(=O)N(c1nc(COC(=O)c2cccc(-n3cnnn3)c2)cs1)c1c(C)cc(C)cc1C. The molecule has 9 nitrogen and oxygen atoms in total. The smallest absolute Gasteiger partial charge is 0.338 e. The minimum absolute atomic E-state index is 0.0119. The Morgan fingerprint density at radius 1 is 1.12 bits per heavy atom. The lowest BCUT2D eigenvalue weighted by atomic mass is 10.0. The highest BCUT2D eigenvalue weighted by atomic mass is 32.1. The fourth-order valence-corrected chi connectivity index (χ4v) is 4.51. The number of rotatable bonds is 6. The van der Waals surface area contributed by atoms with E-state index < -0.39 is 5.97 Å². The second kappa shape index (κ2) is 9.29. The standard InChI is InChI=1S/C23H22N6O3S/c1-14-8-15(2)21(16(3)9-14)29(17(4)30)23-25-19(12-33-23)11-32-22(31)18-6-5-7-20(10-18)28-13-24-26-27-28/h5-10,12-13H,11H2,1-4H3. The molecule has 0 saturated heterocycles. The molecule has 33 heavy (non-hydrogen) atoms. The van der Waals surface area contributed by atoms with Crippen molar-refractivity contribution in [2.24, 2.45) is 0 Å². The first-order valence-corrected chi connectivity index (χ1v) is 11.0. The molecule has 0 bridgehead atoms. The van der Waals surface area contributed by atoms with Crippen LogP contribution in [0.1, 0.15) is 39.7 Å². The van der Waals surface area contributed by atoms with E-state index in [4.69, 9.17) is 4.74 Å². The van der Waals surface area contributed by atoms with Crippen LogP contribution in [0.5, 0.6) is 0 Å². The summed E-state index contributed by atoms with van der Waals surface area (Å²) in [6.07, 6.45) is 1.44. The quantitative estimate of drug-likeness (QED) is 0.398. The normalized spacial score (nSPS) is 10.8. The second-order valence-corrected chi connectivity index (χ2v) is 8.44. The van der Waals surface area contributed by atoms with Crippen molar-refractivity contribution in [2.45, 2.75) is 34.3 Å². The Balaban J connectivity index is 1.50. The van der Waals surface area contributed by atoms with Crippen LogP contribution in [0.2, 0.25) is 0 Å². The summed E-state index contributed by atoms with van der Waals surface area (Å²) in [6, 6.07) is 10.9. The number of esters is 1. The fraction of sp³-hybridized carbons (Fsp3) is 0.217. The van der Waals surface area contributed by atoms with Crippen LogP contribution < -0.4 is 4.90 Å². The van der Waals surface area contributed by atoms with Crippen molar-refractivity contribution in [3.8, 4) is 5.69 Å². The van der Waals surface area contributed by atoms with E-state index in [1.54, 1.807) is 34.5 Å². The zero-order valence-electron chi connectivity index (χ0n) is 18.6. The molecule has 1 amide bonds. The van der Waals surface area contributed by atoms with Crippen LogP contribution in [0, 0.1) is 20.8 Å². The number of hydrogen-bond acceptors (Lipinski definition) is 8. The Bertz CT molecular complexity index is 1290. The van der Waals surface area contributed by atoms with E-state index in [9.17, 15) is 9.59 Å². The van der Waals surface area contributed by atoms with Crippen LogP contribution in [-0.2, 0) is 16.1 Å². The average molecular weight is 463 g/mol. The lowest BCUT2D eigenvalue weighted by Crippen LogP contribution is -2.24. The number of carbonyl (C=O) groups excluding carboxylic acids is 2. The third-order valence-corrected chi connectivity index (χ3v) is 5.83. The number of aryl methyl sites for hydroxylation is 3. The molecule has 0 atom stereocenters. The number of aromatic nitrogens is 5. The third-order valence-electron chi connectivity index (χ3n) is 4.95. The number of thiazole rings is 1. The molecule has 0 N–H and O–H groups in total. The van der Waals surface area contributed by atoms with Gasteiger partial charge in [-0.05, 0) is 60.5 Å². The minimum Gasteiger partial charge on any atom is -0.456 e. The first-order chi connectivity index (χ1) is 15.8. The van der Waals surface area contributed by atoms with Gasteiger partial charge in [0.15, 0.2) is 5.13 Å². The van der Waals surface area contributed by atoms with Crippen molar-refractivity contribution in [2.75, 3.05) is 4.90 Å². The van der Waals surface area contributed by atoms with Gasteiger partial charge in [-0.15, -0.1) is 16.4 Å². The van der Waals surface area contributed by atoms with Gasteiger partial charge in [0.05, 0.1) is 22.6 Å². The third kappa shape index (κ3) is 4.80. The van der Waals surface area contributed by atoms with Crippen LogP contribution in [0.4, 0.5) is 10.8 Å². The highest BCUT2D eigenvalue weighted by molar-refractivity contribution is 7.14. The molecular formula is C23H22N6O3S. The number of anilines is 2. The topological polar surface area (TPSA) is 103 Å². The number of nitrogens with zero attached hydrogens (tertiary/aromatic N) is 6. The molecule has 0 unspecified atom stereocenters. The predicted molar refractivity (Wildman–Crippen MR) is 124 cm³/mol. The molecule has 0 aliphatic carbocycles. The van der Waals surface area contributed by atoms with Crippen molar-refractivity contribution in [3.05, 3.63) is 76.1 Å². The van der Waals surface area contributed by atoms with E-state index in [0.29, 0.717) is 22.1 Å². The van der Waals surface area contributed by atoms with Crippen molar-refractivity contribution in [3.63, 3.8) is 0 Å². The molecule has 0 aliphatic rings. The molecule has 2 aromatic carbocycles. The number of amides is 1. The monoisotopic (exact) mass is 462 g/mol. The van der Waals surface area contributed by atoms with Crippen LogP contribution >= 0.6 is 11.3 Å². The summed E-state index contributed by atoms with van der Waals surface area (Å²) in [5, 5.41) is 13.3. The number of benzene rings is 2. The zero-order valence-corrected chi connectivity index (χ0v) is 19.5. The Hall–Kier alpha value is -3.92. The van der Waals surface area contributed by atoms with E-state index in [0.717, 1.165) is 22.4 Å². The summed E-state index contributed by atoms with van der Waals surface area (Å²) in [5.41, 5.74) is 5.52. The Labute approximate surface area is 194 Å². The number of tetrazole rings is 1. The molecule has 10 heteroatoms. The molecule has 168 valence electrons. The maximum Gasteiger partial charge on any atom is 0.338 e. The summed E-state index contributed by atoms with van der Waals surface area (Å²) in [4.78, 5) is 31.2. The van der Waals surface area contributed by atoms with Crippen molar-refractivity contribution < 1.29 is 14.3 Å². The summed E-state index contributed by atoms with van der Waals surface area (Å²) in [5.74, 6) is -0.629. The van der Waals surface area contributed by atoms with E-state index >= 15 is 0 Å². The van der Waals surface area contributed by atoms with Gasteiger partial charge in [-0.3, -0.25) is 9.69 Å². The lowest BCUT2D eigenvalue weighted by molar-refractivity contribution is -0.115. The van der Waals surface area contributed by atoms with Gasteiger partial charge in [0, 0.05) is 12.3 Å². The van der Waals surface area contributed by atoms with E-state index in [1.807, 2.05) is 32.9 Å². The van der Waals surface area contributed by atoms with Gasteiger partial charge in [0.25, 0.3) is 0 Å². The summed E-state index contributed by atoms with van der Waals surface area (Å²) in [6.45, 7) is 7.48. The van der Waals surface area contributed by atoms with Gasteiger partial charge in [-0.25, -0.2) is 14.5 Å². The summed E-state index contributed by atoms with van der Waals surface area (Å²) < 4.78 is 6.90. The Morgan fingerprint density at radius 3 is 2.55 bits per heavy atom. The zero-order chi connectivity index (χ0) is 23.5. The summed E-state index contributed by atoms with van der Waals surface area (Å²) in [7, 11) is 0. The van der Waals surface area contributed by atoms with Gasteiger partial charge in [0.1, 0.15) is 12.9 Å². The highest BCUT2D eigenvalue weighted by Crippen LogP contribution is 2.34. The van der Waals surface area contributed by atoms with Gasteiger partial charge in [-0.1, -0.05) is 23.8 Å². The Morgan fingerprint density at radius 2 is 1.88 bits per heavy atom. The molecule has 0 fully saturated rings. The molecule has 0 radical (unpaired) electrons. The van der Waals surface area contributed by atoms with Crippen molar-refractivity contribution in [1.29, 1.82) is 0 Å². The molecule has 0 spiro atoms. The van der Waals surface area contributed by atoms with Gasteiger partial charge < -0.3 is 4.74 Å². The maximum absolute atomic E-state index is 12.6. The van der Waals surface area contributed by atoms with E-state index in [-0.39, 0.29) is 12.5 Å². The van der Waals surface area contributed by atoms with Gasteiger partial charge in [0.2, 0.25) is 5.91 Å². The first kappa shape index (κ1) is 22.3. The number of ether oxygens (including phenoxy) is 1. The second-order valence-electron chi connectivity index (χ2n) is 7.60. The van der Waals surface area contributed by atoms with Crippen LogP contribution in [0.25, 0.3) is 5.69 Å². The number of hydrogen-bond donors (Lipinski definition) is 0. The molecule has 2 aromatic heterocycles. The average Bonchev–Trinajstić information content (AvgIpc) is 3.46. The van der Waals surface area contributed by atoms with Crippen LogP contribution in [0.15, 0.2) is 48.1 Å². The maximum atomic E-state index is 12.6. The summed E-state index contributed by atoms with van der Waals surface area (Å²) >= 11 is 1.33. The van der Waals surface area contributed by atoms with Crippen molar-refractivity contribution >= 4 is 34.0 Å². The lowest BCUT2D eigenvalue weighted by Gasteiger charge is -2.23.